The van der Waals surface area contributed by atoms with E-state index < -0.39 is 0 Å². The fraction of sp³-hybridized carbons (Fsp3) is 0.533. The van der Waals surface area contributed by atoms with E-state index in [4.69, 9.17) is 11.6 Å². The third-order valence-electron chi connectivity index (χ3n) is 4.39. The Kier molecular flexibility index (Phi) is 3.96. The first-order valence-corrected chi connectivity index (χ1v) is 7.45. The van der Waals surface area contributed by atoms with Gasteiger partial charge in [-0.15, -0.1) is 0 Å². The van der Waals surface area contributed by atoms with Gasteiger partial charge >= 0.3 is 0 Å². The molecule has 3 atom stereocenters. The molecule has 0 radical (unpaired) electrons. The first-order valence-electron chi connectivity index (χ1n) is 7.07. The van der Waals surface area contributed by atoms with Gasteiger partial charge in [-0.05, 0) is 43.0 Å². The van der Waals surface area contributed by atoms with Gasteiger partial charge in [-0.3, -0.25) is 9.69 Å². The number of carbonyl (C=O) groups is 1. The van der Waals surface area contributed by atoms with Crippen LogP contribution >= 0.6 is 11.6 Å². The minimum Gasteiger partial charge on any atom is -0.393 e. The number of hydrogen-bond acceptors (Lipinski definition) is 3. The summed E-state index contributed by atoms with van der Waals surface area (Å²) in [5, 5.41) is 13.4. The number of aliphatic hydroxyl groups is 1. The largest absolute Gasteiger partial charge is 0.393 e. The van der Waals surface area contributed by atoms with E-state index in [9.17, 15) is 9.90 Å². The minimum atomic E-state index is -0.177. The van der Waals surface area contributed by atoms with Crippen molar-refractivity contribution in [3.63, 3.8) is 0 Å². The molecular weight excluding hydrogens is 276 g/mol. The first-order chi connectivity index (χ1) is 9.61. The molecule has 1 aromatic rings. The van der Waals surface area contributed by atoms with E-state index in [1.165, 1.54) is 0 Å². The van der Waals surface area contributed by atoms with Crippen LogP contribution in [0.1, 0.15) is 12.8 Å². The molecule has 2 aliphatic rings. The van der Waals surface area contributed by atoms with Crippen molar-refractivity contribution in [3.05, 3.63) is 29.3 Å². The molecule has 2 N–H and O–H groups in total. The van der Waals surface area contributed by atoms with E-state index in [1.807, 2.05) is 0 Å². The Balaban J connectivity index is 1.51. The number of halogens is 1. The second kappa shape index (κ2) is 5.72. The predicted octanol–water partition coefficient (Wildman–Crippen LogP) is 1.98. The Morgan fingerprint density at radius 2 is 2.05 bits per heavy atom. The number of carbonyl (C=O) groups excluding carboxylic acids is 1. The van der Waals surface area contributed by atoms with Crippen molar-refractivity contribution in [2.75, 3.05) is 25.0 Å². The van der Waals surface area contributed by atoms with Crippen molar-refractivity contribution in [1.29, 1.82) is 0 Å². The van der Waals surface area contributed by atoms with E-state index in [-0.39, 0.29) is 12.0 Å². The number of amides is 1. The molecule has 2 fully saturated rings. The molecule has 1 aliphatic heterocycles. The molecule has 108 valence electrons. The molecular formula is C15H19ClN2O2. The van der Waals surface area contributed by atoms with Gasteiger partial charge in [-0.2, -0.15) is 0 Å². The highest BCUT2D eigenvalue weighted by atomic mass is 35.5. The Bertz CT molecular complexity index is 491. The topological polar surface area (TPSA) is 52.6 Å². The molecule has 0 aromatic heterocycles. The lowest BCUT2D eigenvalue weighted by atomic mass is 10.00. The van der Waals surface area contributed by atoms with E-state index >= 15 is 0 Å². The number of hydrogen-bond donors (Lipinski definition) is 2. The van der Waals surface area contributed by atoms with Crippen LogP contribution in [0.5, 0.6) is 0 Å². The van der Waals surface area contributed by atoms with Crippen LogP contribution in [0.4, 0.5) is 5.69 Å². The first kappa shape index (κ1) is 13.9. The number of nitrogens with one attached hydrogen (secondary N) is 1. The normalized spacial score (nSPS) is 29.4. The summed E-state index contributed by atoms with van der Waals surface area (Å²) in [6.45, 7) is 2.15. The summed E-state index contributed by atoms with van der Waals surface area (Å²) in [6.07, 6.45) is 1.82. The van der Waals surface area contributed by atoms with Gasteiger partial charge in [0.2, 0.25) is 5.91 Å². The molecule has 0 spiro atoms. The lowest BCUT2D eigenvalue weighted by Gasteiger charge is -2.17. The van der Waals surface area contributed by atoms with Crippen LogP contribution in [0.3, 0.4) is 0 Å². The van der Waals surface area contributed by atoms with Crippen LogP contribution in [0, 0.1) is 11.8 Å². The highest BCUT2D eigenvalue weighted by Crippen LogP contribution is 2.37. The van der Waals surface area contributed by atoms with Gasteiger partial charge in [0.05, 0.1) is 12.6 Å². The summed E-state index contributed by atoms with van der Waals surface area (Å²) in [6, 6.07) is 7.10. The zero-order chi connectivity index (χ0) is 14.1. The Labute approximate surface area is 123 Å². The number of nitrogens with zero attached hydrogens (tertiary/aromatic N) is 1. The van der Waals surface area contributed by atoms with Gasteiger partial charge in [0.25, 0.3) is 0 Å². The monoisotopic (exact) mass is 294 g/mol. The maximum atomic E-state index is 12.0. The zero-order valence-corrected chi connectivity index (χ0v) is 12.0. The number of fused-ring (bicyclic) bond motifs is 1. The number of likely N-dealkylation sites (tertiary alicyclic amines) is 1. The summed E-state index contributed by atoms with van der Waals surface area (Å²) in [4.78, 5) is 14.1. The van der Waals surface area contributed by atoms with Crippen molar-refractivity contribution in [2.24, 2.45) is 11.8 Å². The smallest absolute Gasteiger partial charge is 0.238 e. The summed E-state index contributed by atoms with van der Waals surface area (Å²) < 4.78 is 0. The summed E-state index contributed by atoms with van der Waals surface area (Å²) >= 11 is 5.81. The highest BCUT2D eigenvalue weighted by Gasteiger charge is 2.41. The van der Waals surface area contributed by atoms with E-state index in [1.54, 1.807) is 24.3 Å². The van der Waals surface area contributed by atoms with Gasteiger partial charge in [-0.25, -0.2) is 0 Å². The molecule has 3 unspecified atom stereocenters. The van der Waals surface area contributed by atoms with Crippen molar-refractivity contribution in [2.45, 2.75) is 18.9 Å². The zero-order valence-electron chi connectivity index (χ0n) is 11.3. The van der Waals surface area contributed by atoms with Gasteiger partial charge in [0.15, 0.2) is 0 Å². The Morgan fingerprint density at radius 1 is 1.30 bits per heavy atom. The number of anilines is 1. The second-order valence-corrected chi connectivity index (χ2v) is 6.25. The van der Waals surface area contributed by atoms with Crippen LogP contribution in [-0.2, 0) is 4.79 Å². The van der Waals surface area contributed by atoms with Gasteiger partial charge in [0.1, 0.15) is 0 Å². The molecule has 1 heterocycles. The number of benzene rings is 1. The summed E-state index contributed by atoms with van der Waals surface area (Å²) in [5.74, 6) is 0.911. The molecule has 1 amide bonds. The van der Waals surface area contributed by atoms with Crippen LogP contribution < -0.4 is 5.32 Å². The molecule has 0 bridgehead atoms. The highest BCUT2D eigenvalue weighted by molar-refractivity contribution is 6.30. The van der Waals surface area contributed by atoms with Crippen LogP contribution in [-0.4, -0.2) is 41.7 Å². The number of rotatable bonds is 3. The maximum absolute atomic E-state index is 12.0. The van der Waals surface area contributed by atoms with Crippen LogP contribution in [0.15, 0.2) is 24.3 Å². The van der Waals surface area contributed by atoms with E-state index in [2.05, 4.69) is 10.2 Å². The Morgan fingerprint density at radius 3 is 2.75 bits per heavy atom. The fourth-order valence-electron chi connectivity index (χ4n) is 3.39. The molecule has 1 aromatic carbocycles. The lowest BCUT2D eigenvalue weighted by molar-refractivity contribution is -0.117. The van der Waals surface area contributed by atoms with Crippen molar-refractivity contribution in [3.8, 4) is 0 Å². The average molecular weight is 295 g/mol. The SMILES string of the molecule is O=C(CN1CC2CCC(O)C2C1)Nc1ccc(Cl)cc1. The molecule has 1 saturated heterocycles. The average Bonchev–Trinajstić information content (AvgIpc) is 2.95. The third kappa shape index (κ3) is 2.97. The quantitative estimate of drug-likeness (QED) is 0.896. The number of aliphatic hydroxyl groups excluding tert-OH is 1. The van der Waals surface area contributed by atoms with Crippen LogP contribution in [0.25, 0.3) is 0 Å². The molecule has 4 nitrogen and oxygen atoms in total. The van der Waals surface area contributed by atoms with Crippen molar-refractivity contribution >= 4 is 23.2 Å². The summed E-state index contributed by atoms with van der Waals surface area (Å²) in [7, 11) is 0. The van der Waals surface area contributed by atoms with Crippen molar-refractivity contribution < 1.29 is 9.90 Å². The van der Waals surface area contributed by atoms with Gasteiger partial charge < -0.3 is 10.4 Å². The lowest BCUT2D eigenvalue weighted by Crippen LogP contribution is -2.33. The fourth-order valence-corrected chi connectivity index (χ4v) is 3.52. The molecule has 3 rings (SSSR count). The van der Waals surface area contributed by atoms with Gasteiger partial charge in [0, 0.05) is 29.7 Å². The standard InChI is InChI=1S/C15H19ClN2O2/c16-11-2-4-12(5-3-11)17-15(20)9-18-7-10-1-6-14(19)13(10)8-18/h2-5,10,13-14,19H,1,6-9H2,(H,17,20). The predicted molar refractivity (Wildman–Crippen MR) is 78.7 cm³/mol. The summed E-state index contributed by atoms with van der Waals surface area (Å²) in [5.41, 5.74) is 0.763. The molecule has 20 heavy (non-hydrogen) atoms. The second-order valence-electron chi connectivity index (χ2n) is 5.82. The molecule has 5 heteroatoms. The minimum absolute atomic E-state index is 0.0122. The van der Waals surface area contributed by atoms with Crippen LogP contribution in [0.2, 0.25) is 5.02 Å². The maximum Gasteiger partial charge on any atom is 0.238 e. The molecule has 1 saturated carbocycles. The molecule has 1 aliphatic carbocycles. The van der Waals surface area contributed by atoms with E-state index in [0.717, 1.165) is 31.6 Å². The van der Waals surface area contributed by atoms with Crippen molar-refractivity contribution in [1.82, 2.24) is 4.90 Å². The van der Waals surface area contributed by atoms with E-state index in [0.29, 0.717) is 23.4 Å². The third-order valence-corrected chi connectivity index (χ3v) is 4.64. The van der Waals surface area contributed by atoms with Gasteiger partial charge in [-0.1, -0.05) is 11.6 Å². The Hall–Kier alpha value is -1.10.